The molecule has 1 atom stereocenters. The van der Waals surface area contributed by atoms with Gasteiger partial charge in [0.25, 0.3) is 0 Å². The fourth-order valence-electron chi connectivity index (χ4n) is 0.144. The van der Waals surface area contributed by atoms with E-state index in [1.54, 1.807) is 6.92 Å². The van der Waals surface area contributed by atoms with Gasteiger partial charge in [-0.05, 0) is 19.8 Å². The van der Waals surface area contributed by atoms with E-state index >= 15 is 0 Å². The van der Waals surface area contributed by atoms with Gasteiger partial charge in [-0.1, -0.05) is 0 Å². The number of hydrogen-bond donors (Lipinski definition) is 1. The predicted molar refractivity (Wildman–Crippen MR) is 30.7 cm³/mol. The largest absolute Gasteiger partial charge is 0.329 e. The summed E-state index contributed by atoms with van der Waals surface area (Å²) in [5.41, 5.74) is 0. The van der Waals surface area contributed by atoms with E-state index in [1.165, 1.54) is 0 Å². The molecule has 0 aliphatic carbocycles. The Hall–Kier alpha value is 0.500. The molecule has 0 heterocycles. The molecule has 0 N–H and O–H groups in total. The Balaban J connectivity index is 3.00. The highest BCUT2D eigenvalue weighted by molar-refractivity contribution is 7.79. The van der Waals surface area contributed by atoms with Crippen LogP contribution in [-0.2, 0) is 13.1 Å². The van der Waals surface area contributed by atoms with Crippen molar-refractivity contribution in [3.63, 3.8) is 0 Å². The molecular formula is C2H7O3PS. The Labute approximate surface area is 48.6 Å². The Bertz CT molecular complexity index is 66.0. The van der Waals surface area contributed by atoms with Gasteiger partial charge in [-0.2, -0.15) is 0 Å². The van der Waals surface area contributed by atoms with Gasteiger partial charge in [0.1, 0.15) is 0 Å². The fourth-order valence-corrected chi connectivity index (χ4v) is 0.591. The second-order valence-electron chi connectivity index (χ2n) is 0.774. The third kappa shape index (κ3) is 4.35. The molecule has 0 saturated heterocycles. The highest BCUT2D eigenvalue weighted by Crippen LogP contribution is 2.23. The minimum Gasteiger partial charge on any atom is -0.310 e. The number of rotatable bonds is 3. The van der Waals surface area contributed by atoms with Crippen LogP contribution in [0.3, 0.4) is 0 Å². The zero-order valence-electron chi connectivity index (χ0n) is 3.88. The van der Waals surface area contributed by atoms with Crippen LogP contribution in [0.4, 0.5) is 0 Å². The van der Waals surface area contributed by atoms with Crippen molar-refractivity contribution in [2.45, 2.75) is 6.92 Å². The molecule has 0 aliphatic heterocycles. The molecule has 0 radical (unpaired) electrons. The second kappa shape index (κ2) is 4.65. The van der Waals surface area contributed by atoms with Crippen molar-refractivity contribution < 1.29 is 13.1 Å². The number of thiol groups is 1. The van der Waals surface area contributed by atoms with E-state index in [0.717, 1.165) is 0 Å². The lowest BCUT2D eigenvalue weighted by Gasteiger charge is -1.92. The van der Waals surface area contributed by atoms with Gasteiger partial charge in [-0.25, -0.2) is 3.97 Å². The van der Waals surface area contributed by atoms with Crippen LogP contribution in [0.15, 0.2) is 0 Å². The van der Waals surface area contributed by atoms with Crippen molar-refractivity contribution in [2.24, 2.45) is 0 Å². The Morgan fingerprint density at radius 2 is 2.43 bits per heavy atom. The maximum absolute atomic E-state index is 10.1. The molecule has 0 fully saturated rings. The van der Waals surface area contributed by atoms with Crippen molar-refractivity contribution in [2.75, 3.05) is 6.61 Å². The zero-order valence-corrected chi connectivity index (χ0v) is 5.77. The van der Waals surface area contributed by atoms with Gasteiger partial charge >= 0.3 is 8.25 Å². The van der Waals surface area contributed by atoms with Crippen LogP contribution in [0, 0.1) is 0 Å². The maximum atomic E-state index is 10.1. The van der Waals surface area contributed by atoms with E-state index in [9.17, 15) is 4.57 Å². The topological polar surface area (TPSA) is 35.5 Å². The molecular weight excluding hydrogens is 135 g/mol. The van der Waals surface area contributed by atoms with Crippen molar-refractivity contribution in [1.29, 1.82) is 0 Å². The average molecular weight is 142 g/mol. The lowest BCUT2D eigenvalue weighted by Crippen LogP contribution is -1.74. The van der Waals surface area contributed by atoms with E-state index in [-0.39, 0.29) is 0 Å². The van der Waals surface area contributed by atoms with E-state index < -0.39 is 8.25 Å². The molecule has 0 bridgehead atoms. The highest BCUT2D eigenvalue weighted by Gasteiger charge is 1.89. The molecule has 3 nitrogen and oxygen atoms in total. The summed E-state index contributed by atoms with van der Waals surface area (Å²) >= 11 is 3.26. The molecule has 7 heavy (non-hydrogen) atoms. The molecule has 0 spiro atoms. The summed E-state index contributed by atoms with van der Waals surface area (Å²) in [5, 5.41) is 0. The Morgan fingerprint density at radius 1 is 1.86 bits per heavy atom. The van der Waals surface area contributed by atoms with Crippen molar-refractivity contribution in [3.05, 3.63) is 0 Å². The van der Waals surface area contributed by atoms with Gasteiger partial charge < -0.3 is 4.52 Å². The van der Waals surface area contributed by atoms with E-state index in [1.807, 2.05) is 0 Å². The first kappa shape index (κ1) is 7.50. The maximum Gasteiger partial charge on any atom is 0.329 e. The monoisotopic (exact) mass is 142 g/mol. The van der Waals surface area contributed by atoms with Crippen LogP contribution in [0.1, 0.15) is 6.92 Å². The van der Waals surface area contributed by atoms with Gasteiger partial charge in [0.05, 0.1) is 6.61 Å². The third-order valence-corrected chi connectivity index (χ3v) is 1.46. The van der Waals surface area contributed by atoms with Crippen LogP contribution < -0.4 is 0 Å². The lowest BCUT2D eigenvalue weighted by atomic mass is 10.9. The molecule has 0 aromatic rings. The number of hydrogen-bond acceptors (Lipinski definition) is 4. The van der Waals surface area contributed by atoms with Crippen LogP contribution in [0.2, 0.25) is 0 Å². The van der Waals surface area contributed by atoms with Crippen LogP contribution >= 0.6 is 21.2 Å². The lowest BCUT2D eigenvalue weighted by molar-refractivity contribution is 0.313. The van der Waals surface area contributed by atoms with Gasteiger partial charge in [0.2, 0.25) is 0 Å². The van der Waals surface area contributed by atoms with Crippen molar-refractivity contribution in [1.82, 2.24) is 0 Å². The first-order chi connectivity index (χ1) is 3.31. The smallest absolute Gasteiger partial charge is 0.310 e. The summed E-state index contributed by atoms with van der Waals surface area (Å²) in [7, 11) is -2.27. The summed E-state index contributed by atoms with van der Waals surface area (Å²) in [6, 6.07) is 0. The summed E-state index contributed by atoms with van der Waals surface area (Å²) in [5.74, 6) is 0. The van der Waals surface area contributed by atoms with E-state index in [4.69, 9.17) is 0 Å². The molecule has 0 saturated carbocycles. The first-order valence-electron chi connectivity index (χ1n) is 1.79. The summed E-state index contributed by atoms with van der Waals surface area (Å²) < 4.78 is 18.5. The van der Waals surface area contributed by atoms with Crippen LogP contribution in [0.5, 0.6) is 0 Å². The summed E-state index contributed by atoms with van der Waals surface area (Å²) in [6.45, 7) is 2.13. The summed E-state index contributed by atoms with van der Waals surface area (Å²) in [4.78, 5) is 0. The Morgan fingerprint density at radius 3 is 2.57 bits per heavy atom. The van der Waals surface area contributed by atoms with Gasteiger partial charge in [-0.3, -0.25) is 4.57 Å². The van der Waals surface area contributed by atoms with Crippen molar-refractivity contribution >= 4 is 21.2 Å². The molecule has 1 unspecified atom stereocenters. The molecule has 0 amide bonds. The van der Waals surface area contributed by atoms with Crippen molar-refractivity contribution in [3.8, 4) is 0 Å². The standard InChI is InChI=1S/C2H7O3PS/c1-2-4-6(3)5-7/h6-7H,2H2,1H3. The first-order valence-corrected chi connectivity index (χ1v) is 3.38. The SMILES string of the molecule is CCO[PH](=O)OS. The normalized spacial score (nSPS) is 14.0. The molecule has 0 aliphatic rings. The van der Waals surface area contributed by atoms with Gasteiger partial charge in [0, 0.05) is 0 Å². The van der Waals surface area contributed by atoms with Crippen LogP contribution in [-0.4, -0.2) is 6.61 Å². The molecule has 5 heteroatoms. The van der Waals surface area contributed by atoms with E-state index in [0.29, 0.717) is 6.61 Å². The minimum absolute atomic E-state index is 0.401. The third-order valence-electron chi connectivity index (χ3n) is 0.337. The minimum atomic E-state index is -2.27. The van der Waals surface area contributed by atoms with Crippen LogP contribution in [0.25, 0.3) is 0 Å². The Kier molecular flexibility index (Phi) is 4.99. The fraction of sp³-hybridized carbons (Fsp3) is 1.00. The highest BCUT2D eigenvalue weighted by atomic mass is 32.1. The zero-order chi connectivity index (χ0) is 5.70. The average Bonchev–Trinajstić information content (AvgIpc) is 1.68. The van der Waals surface area contributed by atoms with E-state index in [2.05, 4.69) is 21.4 Å². The molecule has 44 valence electrons. The second-order valence-corrected chi connectivity index (χ2v) is 2.29. The summed E-state index contributed by atoms with van der Waals surface area (Å²) in [6.07, 6.45) is 0. The quantitative estimate of drug-likeness (QED) is 0.366. The van der Waals surface area contributed by atoms with Gasteiger partial charge in [0.15, 0.2) is 0 Å². The molecule has 0 aromatic heterocycles. The van der Waals surface area contributed by atoms with Gasteiger partial charge in [-0.15, -0.1) is 0 Å². The molecule has 0 rings (SSSR count). The molecule has 0 aromatic carbocycles. The predicted octanol–water partition coefficient (Wildman–Crippen LogP) is 1.27.